The first kappa shape index (κ1) is 11.1. The van der Waals surface area contributed by atoms with E-state index >= 15 is 0 Å². The summed E-state index contributed by atoms with van der Waals surface area (Å²) in [7, 11) is -2.86. The van der Waals surface area contributed by atoms with E-state index in [1.807, 2.05) is 11.8 Å². The Balaban J connectivity index is 2.24. The molecule has 7 heteroatoms. The molecule has 0 aromatic carbocycles. The Labute approximate surface area is 94.4 Å². The second-order valence-electron chi connectivity index (χ2n) is 3.85. The third-order valence-electron chi connectivity index (χ3n) is 2.74. The first-order valence-corrected chi connectivity index (χ1v) is 6.84. The van der Waals surface area contributed by atoms with Crippen molar-refractivity contribution in [3.8, 4) is 0 Å². The standard InChI is InChI=1S/C9H14N4O2S/c1-7-8(10)11-6-12-9(7)13-2-4-16(14,15)5-3-13/h6H,2-5H2,1H3,(H2,10,11,12). The van der Waals surface area contributed by atoms with Crippen molar-refractivity contribution in [1.82, 2.24) is 9.97 Å². The van der Waals surface area contributed by atoms with Gasteiger partial charge < -0.3 is 10.6 Å². The number of nitrogen functional groups attached to an aromatic ring is 1. The average Bonchev–Trinajstić information content (AvgIpc) is 2.23. The zero-order valence-electron chi connectivity index (χ0n) is 9.05. The normalized spacial score (nSPS) is 19.7. The van der Waals surface area contributed by atoms with Crippen LogP contribution in [0.25, 0.3) is 0 Å². The van der Waals surface area contributed by atoms with Crippen LogP contribution in [0.3, 0.4) is 0 Å². The van der Waals surface area contributed by atoms with Crippen molar-refractivity contribution in [1.29, 1.82) is 0 Å². The van der Waals surface area contributed by atoms with Crippen molar-refractivity contribution in [2.24, 2.45) is 0 Å². The van der Waals surface area contributed by atoms with Gasteiger partial charge >= 0.3 is 0 Å². The molecule has 2 N–H and O–H groups in total. The number of nitrogens with zero attached hydrogens (tertiary/aromatic N) is 3. The SMILES string of the molecule is Cc1c(N)ncnc1N1CCS(=O)(=O)CC1. The first-order chi connectivity index (χ1) is 7.49. The van der Waals surface area contributed by atoms with Crippen LogP contribution in [-0.2, 0) is 9.84 Å². The molecule has 1 aliphatic rings. The van der Waals surface area contributed by atoms with Gasteiger partial charge in [-0.3, -0.25) is 0 Å². The summed E-state index contributed by atoms with van der Waals surface area (Å²) in [6.45, 7) is 2.78. The van der Waals surface area contributed by atoms with Crippen molar-refractivity contribution >= 4 is 21.5 Å². The fourth-order valence-electron chi connectivity index (χ4n) is 1.70. The number of nitrogens with two attached hydrogens (primary N) is 1. The number of aromatic nitrogens is 2. The molecule has 0 saturated carbocycles. The molecule has 0 unspecified atom stereocenters. The van der Waals surface area contributed by atoms with Gasteiger partial charge in [-0.2, -0.15) is 0 Å². The van der Waals surface area contributed by atoms with Gasteiger partial charge in [0.1, 0.15) is 18.0 Å². The summed E-state index contributed by atoms with van der Waals surface area (Å²) >= 11 is 0. The van der Waals surface area contributed by atoms with Crippen LogP contribution in [0.5, 0.6) is 0 Å². The minimum atomic E-state index is -2.86. The van der Waals surface area contributed by atoms with Crippen LogP contribution in [0.2, 0.25) is 0 Å². The molecule has 1 aromatic heterocycles. The predicted octanol–water partition coefficient (Wildman–Crippen LogP) is -0.398. The molecule has 1 aromatic rings. The molecular weight excluding hydrogens is 228 g/mol. The van der Waals surface area contributed by atoms with E-state index in [9.17, 15) is 8.42 Å². The maximum Gasteiger partial charge on any atom is 0.153 e. The highest BCUT2D eigenvalue weighted by molar-refractivity contribution is 7.91. The Hall–Kier alpha value is -1.37. The Bertz CT molecular complexity index is 486. The van der Waals surface area contributed by atoms with Crippen LogP contribution in [0, 0.1) is 6.92 Å². The molecule has 88 valence electrons. The quantitative estimate of drug-likeness (QED) is 0.721. The Morgan fingerprint density at radius 3 is 2.56 bits per heavy atom. The highest BCUT2D eigenvalue weighted by Crippen LogP contribution is 2.21. The Morgan fingerprint density at radius 2 is 1.94 bits per heavy atom. The maximum absolute atomic E-state index is 11.3. The molecule has 1 fully saturated rings. The number of anilines is 2. The average molecular weight is 242 g/mol. The van der Waals surface area contributed by atoms with Crippen molar-refractivity contribution in [2.45, 2.75) is 6.92 Å². The molecule has 1 aliphatic heterocycles. The zero-order chi connectivity index (χ0) is 11.8. The van der Waals surface area contributed by atoms with E-state index in [0.717, 1.165) is 11.4 Å². The Kier molecular flexibility index (Phi) is 2.71. The smallest absolute Gasteiger partial charge is 0.153 e. The minimum absolute atomic E-state index is 0.177. The van der Waals surface area contributed by atoms with Crippen LogP contribution >= 0.6 is 0 Å². The third-order valence-corrected chi connectivity index (χ3v) is 4.35. The topological polar surface area (TPSA) is 89.2 Å². The number of rotatable bonds is 1. The number of hydrogen-bond acceptors (Lipinski definition) is 6. The molecule has 1 saturated heterocycles. The first-order valence-electron chi connectivity index (χ1n) is 5.02. The largest absolute Gasteiger partial charge is 0.383 e. The monoisotopic (exact) mass is 242 g/mol. The van der Waals surface area contributed by atoms with Gasteiger partial charge in [0.25, 0.3) is 0 Å². The molecular formula is C9H14N4O2S. The van der Waals surface area contributed by atoms with Crippen LogP contribution in [0.15, 0.2) is 6.33 Å². The van der Waals surface area contributed by atoms with Crippen LogP contribution < -0.4 is 10.6 Å². The van der Waals surface area contributed by atoms with Crippen LogP contribution in [-0.4, -0.2) is 43.0 Å². The van der Waals surface area contributed by atoms with Gasteiger partial charge in [-0.15, -0.1) is 0 Å². The highest BCUT2D eigenvalue weighted by atomic mass is 32.2. The number of sulfone groups is 1. The van der Waals surface area contributed by atoms with Crippen LogP contribution in [0.4, 0.5) is 11.6 Å². The van der Waals surface area contributed by atoms with E-state index in [1.165, 1.54) is 6.33 Å². The third kappa shape index (κ3) is 2.08. The van der Waals surface area contributed by atoms with E-state index < -0.39 is 9.84 Å². The van der Waals surface area contributed by atoms with Gasteiger partial charge in [0.05, 0.1) is 11.5 Å². The summed E-state index contributed by atoms with van der Waals surface area (Å²) in [5.74, 6) is 1.54. The van der Waals surface area contributed by atoms with Gasteiger partial charge in [-0.05, 0) is 6.92 Å². The second-order valence-corrected chi connectivity index (χ2v) is 6.15. The summed E-state index contributed by atoms with van der Waals surface area (Å²) in [5, 5.41) is 0. The lowest BCUT2D eigenvalue weighted by Gasteiger charge is -2.28. The summed E-state index contributed by atoms with van der Waals surface area (Å²) in [5.41, 5.74) is 6.49. The lowest BCUT2D eigenvalue weighted by atomic mass is 10.3. The lowest BCUT2D eigenvalue weighted by molar-refractivity contribution is 0.586. The van der Waals surface area contributed by atoms with Gasteiger partial charge in [0.15, 0.2) is 9.84 Å². The second kappa shape index (κ2) is 3.89. The van der Waals surface area contributed by atoms with Gasteiger partial charge in [0.2, 0.25) is 0 Å². The number of hydrogen-bond donors (Lipinski definition) is 1. The van der Waals surface area contributed by atoms with Crippen LogP contribution in [0.1, 0.15) is 5.56 Å². The zero-order valence-corrected chi connectivity index (χ0v) is 9.87. The minimum Gasteiger partial charge on any atom is -0.383 e. The summed E-state index contributed by atoms with van der Waals surface area (Å²) in [6, 6.07) is 0. The molecule has 0 atom stereocenters. The molecule has 16 heavy (non-hydrogen) atoms. The van der Waals surface area contributed by atoms with Gasteiger partial charge in [0, 0.05) is 18.7 Å². The van der Waals surface area contributed by atoms with Gasteiger partial charge in [-0.25, -0.2) is 18.4 Å². The summed E-state index contributed by atoms with van der Waals surface area (Å²) in [6.07, 6.45) is 1.40. The molecule has 2 heterocycles. The van der Waals surface area contributed by atoms with E-state index in [4.69, 9.17) is 5.73 Å². The fourth-order valence-corrected chi connectivity index (χ4v) is 2.90. The molecule has 2 rings (SSSR count). The fraction of sp³-hybridized carbons (Fsp3) is 0.556. The highest BCUT2D eigenvalue weighted by Gasteiger charge is 2.23. The van der Waals surface area contributed by atoms with Crippen molar-refractivity contribution < 1.29 is 8.42 Å². The van der Waals surface area contributed by atoms with E-state index in [-0.39, 0.29) is 11.5 Å². The molecule has 0 bridgehead atoms. The van der Waals surface area contributed by atoms with Crippen molar-refractivity contribution in [3.63, 3.8) is 0 Å². The molecule has 0 spiro atoms. The van der Waals surface area contributed by atoms with Gasteiger partial charge in [-0.1, -0.05) is 0 Å². The van der Waals surface area contributed by atoms with E-state index in [2.05, 4.69) is 9.97 Å². The van der Waals surface area contributed by atoms with Crippen molar-refractivity contribution in [3.05, 3.63) is 11.9 Å². The Morgan fingerprint density at radius 1 is 1.31 bits per heavy atom. The van der Waals surface area contributed by atoms with E-state index in [1.54, 1.807) is 0 Å². The summed E-state index contributed by atoms with van der Waals surface area (Å²) < 4.78 is 22.6. The lowest BCUT2D eigenvalue weighted by Crippen LogP contribution is -2.41. The summed E-state index contributed by atoms with van der Waals surface area (Å²) in [4.78, 5) is 9.97. The maximum atomic E-state index is 11.3. The molecule has 0 radical (unpaired) electrons. The predicted molar refractivity (Wildman–Crippen MR) is 62.0 cm³/mol. The molecule has 6 nitrogen and oxygen atoms in total. The van der Waals surface area contributed by atoms with Crippen molar-refractivity contribution in [2.75, 3.05) is 35.2 Å². The molecule has 0 aliphatic carbocycles. The van der Waals surface area contributed by atoms with E-state index in [0.29, 0.717) is 18.9 Å². The molecule has 0 amide bonds.